The van der Waals surface area contributed by atoms with Crippen LogP contribution in [0.3, 0.4) is 0 Å². The van der Waals surface area contributed by atoms with Gasteiger partial charge in [0.15, 0.2) is 0 Å². The molecule has 1 unspecified atom stereocenters. The smallest absolute Gasteiger partial charge is 0.0971 e. The first-order chi connectivity index (χ1) is 6.65. The Labute approximate surface area is 88.3 Å². The number of thiazole rings is 1. The van der Waals surface area contributed by atoms with Crippen molar-refractivity contribution in [3.8, 4) is 0 Å². The molecule has 0 aromatic carbocycles. The first-order valence-corrected chi connectivity index (χ1v) is 5.77. The molecule has 1 atom stereocenters. The molecule has 2 nitrogen and oxygen atoms in total. The van der Waals surface area contributed by atoms with Gasteiger partial charge < -0.3 is 5.11 Å². The quantitative estimate of drug-likeness (QED) is 0.759. The summed E-state index contributed by atoms with van der Waals surface area (Å²) >= 11 is 1.77. The molecule has 1 aliphatic rings. The zero-order valence-corrected chi connectivity index (χ0v) is 9.40. The van der Waals surface area contributed by atoms with Crippen molar-refractivity contribution in [3.63, 3.8) is 0 Å². The van der Waals surface area contributed by atoms with E-state index >= 15 is 0 Å². The average Bonchev–Trinajstić information content (AvgIpc) is 2.62. The lowest BCUT2D eigenvalue weighted by Crippen LogP contribution is -1.93. The zero-order chi connectivity index (χ0) is 10.1. The van der Waals surface area contributed by atoms with E-state index in [1.165, 1.54) is 15.5 Å². The second-order valence-corrected chi connectivity index (χ2v) is 5.14. The Morgan fingerprint density at radius 3 is 2.86 bits per heavy atom. The zero-order valence-electron chi connectivity index (χ0n) is 8.58. The Bertz CT molecular complexity index is 348. The molecule has 76 valence electrons. The van der Waals surface area contributed by atoms with Crippen LogP contribution in [0.2, 0.25) is 0 Å². The predicted octanol–water partition coefficient (Wildman–Crippen LogP) is 2.38. The van der Waals surface area contributed by atoms with Gasteiger partial charge in [-0.25, -0.2) is 4.98 Å². The topological polar surface area (TPSA) is 33.1 Å². The minimum Gasteiger partial charge on any atom is -0.389 e. The molecule has 0 spiro atoms. The molecule has 1 N–H and O–H groups in total. The van der Waals surface area contributed by atoms with Crippen molar-refractivity contribution in [3.05, 3.63) is 27.2 Å². The lowest BCUT2D eigenvalue weighted by atomic mass is 10.2. The number of allylic oxidation sites excluding steroid dienone is 1. The third-order valence-electron chi connectivity index (χ3n) is 2.64. The van der Waals surface area contributed by atoms with Gasteiger partial charge in [0.1, 0.15) is 0 Å². The third-order valence-corrected chi connectivity index (χ3v) is 3.71. The van der Waals surface area contributed by atoms with Gasteiger partial charge in [0.25, 0.3) is 0 Å². The SMILES string of the molecule is Cc1nc(CC2=CC(O)CC2)sc1C. The molecular formula is C11H15NOS. The highest BCUT2D eigenvalue weighted by atomic mass is 32.1. The maximum absolute atomic E-state index is 9.34. The van der Waals surface area contributed by atoms with Crippen molar-refractivity contribution in [2.75, 3.05) is 0 Å². The maximum Gasteiger partial charge on any atom is 0.0971 e. The summed E-state index contributed by atoms with van der Waals surface area (Å²) in [6, 6.07) is 0. The molecule has 1 aromatic rings. The lowest BCUT2D eigenvalue weighted by molar-refractivity contribution is 0.223. The van der Waals surface area contributed by atoms with Crippen LogP contribution in [0.15, 0.2) is 11.6 Å². The van der Waals surface area contributed by atoms with E-state index in [9.17, 15) is 5.11 Å². The van der Waals surface area contributed by atoms with Gasteiger partial charge in [0.2, 0.25) is 0 Å². The summed E-state index contributed by atoms with van der Waals surface area (Å²) in [5.74, 6) is 0. The molecule has 1 aliphatic carbocycles. The Morgan fingerprint density at radius 1 is 1.57 bits per heavy atom. The molecule has 0 bridgehead atoms. The normalized spacial score (nSPS) is 21.4. The van der Waals surface area contributed by atoms with Crippen molar-refractivity contribution in [1.29, 1.82) is 0 Å². The second-order valence-electron chi connectivity index (χ2n) is 3.86. The maximum atomic E-state index is 9.34. The van der Waals surface area contributed by atoms with E-state index in [-0.39, 0.29) is 6.10 Å². The van der Waals surface area contributed by atoms with Gasteiger partial charge in [-0.3, -0.25) is 0 Å². The Hall–Kier alpha value is -0.670. The minimum absolute atomic E-state index is 0.216. The number of aliphatic hydroxyl groups is 1. The Kier molecular flexibility index (Phi) is 2.70. The molecule has 14 heavy (non-hydrogen) atoms. The number of aryl methyl sites for hydroxylation is 2. The van der Waals surface area contributed by atoms with Crippen molar-refractivity contribution in [2.45, 2.75) is 39.2 Å². The third kappa shape index (κ3) is 2.04. The number of nitrogens with zero attached hydrogens (tertiary/aromatic N) is 1. The second kappa shape index (κ2) is 3.83. The molecule has 0 saturated carbocycles. The van der Waals surface area contributed by atoms with E-state index in [4.69, 9.17) is 0 Å². The Balaban J connectivity index is 2.08. The van der Waals surface area contributed by atoms with Crippen LogP contribution in [-0.4, -0.2) is 16.2 Å². The fraction of sp³-hybridized carbons (Fsp3) is 0.545. The van der Waals surface area contributed by atoms with Crippen molar-refractivity contribution in [1.82, 2.24) is 4.98 Å². The van der Waals surface area contributed by atoms with Gasteiger partial charge in [-0.2, -0.15) is 0 Å². The van der Waals surface area contributed by atoms with E-state index in [2.05, 4.69) is 11.9 Å². The molecule has 0 aliphatic heterocycles. The van der Waals surface area contributed by atoms with Crippen LogP contribution < -0.4 is 0 Å². The standard InChI is InChI=1S/C11H15NOS/c1-7-8(2)14-11(12-7)6-9-3-4-10(13)5-9/h5,10,13H,3-4,6H2,1-2H3. The van der Waals surface area contributed by atoms with Gasteiger partial charge in [-0.05, 0) is 26.7 Å². The molecule has 0 saturated heterocycles. The fourth-order valence-electron chi connectivity index (χ4n) is 1.73. The molecular weight excluding hydrogens is 194 g/mol. The predicted molar refractivity (Wildman–Crippen MR) is 58.6 cm³/mol. The average molecular weight is 209 g/mol. The van der Waals surface area contributed by atoms with E-state index in [1.807, 2.05) is 13.0 Å². The molecule has 2 rings (SSSR count). The summed E-state index contributed by atoms with van der Waals surface area (Å²) in [7, 11) is 0. The number of rotatable bonds is 2. The summed E-state index contributed by atoms with van der Waals surface area (Å²) < 4.78 is 0. The summed E-state index contributed by atoms with van der Waals surface area (Å²) in [6.45, 7) is 4.15. The summed E-state index contributed by atoms with van der Waals surface area (Å²) in [5.41, 5.74) is 2.48. The van der Waals surface area contributed by atoms with Gasteiger partial charge >= 0.3 is 0 Å². The fourth-order valence-corrected chi connectivity index (χ4v) is 2.72. The largest absolute Gasteiger partial charge is 0.389 e. The highest BCUT2D eigenvalue weighted by Gasteiger charge is 2.14. The van der Waals surface area contributed by atoms with Crippen LogP contribution in [0, 0.1) is 13.8 Å². The number of aromatic nitrogens is 1. The molecule has 0 amide bonds. The van der Waals surface area contributed by atoms with E-state index in [0.717, 1.165) is 25.0 Å². The Morgan fingerprint density at radius 2 is 2.36 bits per heavy atom. The minimum atomic E-state index is -0.216. The van der Waals surface area contributed by atoms with Gasteiger partial charge in [-0.1, -0.05) is 11.6 Å². The highest BCUT2D eigenvalue weighted by Crippen LogP contribution is 2.25. The molecule has 3 heteroatoms. The number of aliphatic hydroxyl groups excluding tert-OH is 1. The van der Waals surface area contributed by atoms with Crippen LogP contribution in [0.25, 0.3) is 0 Å². The molecule has 1 aromatic heterocycles. The van der Waals surface area contributed by atoms with Gasteiger partial charge in [-0.15, -0.1) is 11.3 Å². The first kappa shape index (κ1) is 9.87. The van der Waals surface area contributed by atoms with E-state index in [0.29, 0.717) is 0 Å². The van der Waals surface area contributed by atoms with Crippen molar-refractivity contribution >= 4 is 11.3 Å². The first-order valence-electron chi connectivity index (χ1n) is 4.95. The number of hydrogen-bond donors (Lipinski definition) is 1. The number of hydrogen-bond acceptors (Lipinski definition) is 3. The van der Waals surface area contributed by atoms with Crippen LogP contribution in [-0.2, 0) is 6.42 Å². The lowest BCUT2D eigenvalue weighted by Gasteiger charge is -1.95. The molecule has 1 heterocycles. The van der Waals surface area contributed by atoms with Crippen LogP contribution in [0.1, 0.15) is 28.4 Å². The van der Waals surface area contributed by atoms with Crippen molar-refractivity contribution < 1.29 is 5.11 Å². The molecule has 0 fully saturated rings. The van der Waals surface area contributed by atoms with Crippen LogP contribution >= 0.6 is 11.3 Å². The van der Waals surface area contributed by atoms with Crippen LogP contribution in [0.5, 0.6) is 0 Å². The summed E-state index contributed by atoms with van der Waals surface area (Å²) in [6.07, 6.45) is 4.60. The summed E-state index contributed by atoms with van der Waals surface area (Å²) in [4.78, 5) is 5.80. The van der Waals surface area contributed by atoms with E-state index < -0.39 is 0 Å². The van der Waals surface area contributed by atoms with Gasteiger partial charge in [0.05, 0.1) is 16.8 Å². The van der Waals surface area contributed by atoms with E-state index in [1.54, 1.807) is 11.3 Å². The highest BCUT2D eigenvalue weighted by molar-refractivity contribution is 7.11. The van der Waals surface area contributed by atoms with Gasteiger partial charge in [0, 0.05) is 11.3 Å². The monoisotopic (exact) mass is 209 g/mol. The summed E-state index contributed by atoms with van der Waals surface area (Å²) in [5, 5.41) is 10.5. The molecule has 0 radical (unpaired) electrons. The van der Waals surface area contributed by atoms with Crippen molar-refractivity contribution in [2.24, 2.45) is 0 Å². The van der Waals surface area contributed by atoms with Crippen LogP contribution in [0.4, 0.5) is 0 Å².